The number of nitrogens with one attached hydrogen (secondary N) is 1. The summed E-state index contributed by atoms with van der Waals surface area (Å²) in [6, 6.07) is 16.0. The van der Waals surface area contributed by atoms with E-state index in [4.69, 9.17) is 4.74 Å². The molecule has 0 unspecified atom stereocenters. The molecule has 1 amide bonds. The lowest BCUT2D eigenvalue weighted by molar-refractivity contribution is -0.124. The van der Waals surface area contributed by atoms with Crippen LogP contribution in [0.3, 0.4) is 0 Å². The van der Waals surface area contributed by atoms with Crippen LogP contribution < -0.4 is 5.32 Å². The van der Waals surface area contributed by atoms with Gasteiger partial charge in [-0.2, -0.15) is 5.26 Å². The molecule has 0 aliphatic heterocycles. The number of esters is 1. The number of rotatable bonds is 5. The van der Waals surface area contributed by atoms with Crippen LogP contribution in [-0.4, -0.2) is 24.5 Å². The molecule has 0 heterocycles. The van der Waals surface area contributed by atoms with Gasteiger partial charge < -0.3 is 10.1 Å². The van der Waals surface area contributed by atoms with E-state index in [1.165, 1.54) is 0 Å². The van der Waals surface area contributed by atoms with Crippen LogP contribution in [0.1, 0.15) is 29.8 Å². The van der Waals surface area contributed by atoms with Crippen molar-refractivity contribution in [2.45, 2.75) is 19.9 Å². The van der Waals surface area contributed by atoms with E-state index >= 15 is 0 Å². The Kier molecular flexibility index (Phi) is 5.69. The van der Waals surface area contributed by atoms with Crippen molar-refractivity contribution in [3.63, 3.8) is 0 Å². The van der Waals surface area contributed by atoms with Crippen molar-refractivity contribution in [1.29, 1.82) is 5.26 Å². The standard InChI is InChI=1S/C19H18N2O3/c1-13(2)21-18(22)12-24-19(23)17-10-6-5-9-16(17)15-8-4-3-7-14(15)11-20/h3-10,13H,12H2,1-2H3,(H,21,22). The smallest absolute Gasteiger partial charge is 0.339 e. The molecule has 0 saturated carbocycles. The Balaban J connectivity index is 2.25. The van der Waals surface area contributed by atoms with E-state index in [9.17, 15) is 14.9 Å². The second kappa shape index (κ2) is 7.93. The zero-order valence-electron chi connectivity index (χ0n) is 13.6. The summed E-state index contributed by atoms with van der Waals surface area (Å²) in [4.78, 5) is 24.0. The number of hydrogen-bond donors (Lipinski definition) is 1. The molecule has 24 heavy (non-hydrogen) atoms. The highest BCUT2D eigenvalue weighted by atomic mass is 16.5. The van der Waals surface area contributed by atoms with Gasteiger partial charge in [-0.25, -0.2) is 4.79 Å². The zero-order valence-corrected chi connectivity index (χ0v) is 13.6. The normalized spacial score (nSPS) is 10.1. The molecular weight excluding hydrogens is 304 g/mol. The van der Waals surface area contributed by atoms with Crippen LogP contribution in [0.4, 0.5) is 0 Å². The van der Waals surface area contributed by atoms with Crippen molar-refractivity contribution in [1.82, 2.24) is 5.32 Å². The van der Waals surface area contributed by atoms with Crippen molar-refractivity contribution in [2.24, 2.45) is 0 Å². The Morgan fingerprint density at radius 3 is 2.38 bits per heavy atom. The molecule has 0 radical (unpaired) electrons. The van der Waals surface area contributed by atoms with E-state index in [1.807, 2.05) is 13.8 Å². The highest BCUT2D eigenvalue weighted by molar-refractivity contribution is 5.98. The Hall–Kier alpha value is -3.13. The third-order valence-electron chi connectivity index (χ3n) is 3.27. The average Bonchev–Trinajstić information content (AvgIpc) is 2.59. The molecule has 0 spiro atoms. The average molecular weight is 322 g/mol. The van der Waals surface area contributed by atoms with E-state index in [1.54, 1.807) is 48.5 Å². The van der Waals surface area contributed by atoms with Crippen LogP contribution in [0.2, 0.25) is 0 Å². The molecule has 0 aliphatic rings. The number of ether oxygens (including phenoxy) is 1. The van der Waals surface area contributed by atoms with Crippen LogP contribution in [-0.2, 0) is 9.53 Å². The van der Waals surface area contributed by atoms with E-state index in [2.05, 4.69) is 11.4 Å². The minimum Gasteiger partial charge on any atom is -0.452 e. The molecule has 2 aromatic carbocycles. The van der Waals surface area contributed by atoms with E-state index in [-0.39, 0.29) is 18.6 Å². The summed E-state index contributed by atoms with van der Waals surface area (Å²) >= 11 is 0. The fourth-order valence-electron chi connectivity index (χ4n) is 2.28. The molecule has 5 heteroatoms. The van der Waals surface area contributed by atoms with Gasteiger partial charge in [0.1, 0.15) is 0 Å². The molecule has 2 aromatic rings. The molecular formula is C19H18N2O3. The second-order valence-corrected chi connectivity index (χ2v) is 5.50. The van der Waals surface area contributed by atoms with Crippen molar-refractivity contribution >= 4 is 11.9 Å². The third kappa shape index (κ3) is 4.20. The van der Waals surface area contributed by atoms with Crippen LogP contribution in [0.5, 0.6) is 0 Å². The van der Waals surface area contributed by atoms with Gasteiger partial charge in [-0.15, -0.1) is 0 Å². The van der Waals surface area contributed by atoms with E-state index in [0.29, 0.717) is 22.3 Å². The Labute approximate surface area is 140 Å². The van der Waals surface area contributed by atoms with Crippen LogP contribution in [0, 0.1) is 11.3 Å². The molecule has 0 atom stereocenters. The van der Waals surface area contributed by atoms with Crippen molar-refractivity contribution in [3.05, 3.63) is 59.7 Å². The fourth-order valence-corrected chi connectivity index (χ4v) is 2.28. The summed E-state index contributed by atoms with van der Waals surface area (Å²) in [5.74, 6) is -0.953. The number of hydrogen-bond acceptors (Lipinski definition) is 4. The molecule has 0 bridgehead atoms. The molecule has 1 N–H and O–H groups in total. The van der Waals surface area contributed by atoms with Crippen LogP contribution >= 0.6 is 0 Å². The summed E-state index contributed by atoms with van der Waals surface area (Å²) < 4.78 is 5.09. The van der Waals surface area contributed by atoms with Crippen molar-refractivity contribution in [2.75, 3.05) is 6.61 Å². The highest BCUT2D eigenvalue weighted by Crippen LogP contribution is 2.27. The van der Waals surface area contributed by atoms with Gasteiger partial charge in [-0.05, 0) is 31.5 Å². The molecule has 0 aliphatic carbocycles. The lowest BCUT2D eigenvalue weighted by Crippen LogP contribution is -2.34. The maximum atomic E-state index is 12.3. The van der Waals surface area contributed by atoms with Crippen molar-refractivity contribution < 1.29 is 14.3 Å². The third-order valence-corrected chi connectivity index (χ3v) is 3.27. The lowest BCUT2D eigenvalue weighted by Gasteiger charge is -2.12. The van der Waals surface area contributed by atoms with Crippen LogP contribution in [0.15, 0.2) is 48.5 Å². The largest absolute Gasteiger partial charge is 0.452 e. The lowest BCUT2D eigenvalue weighted by atomic mass is 9.96. The van der Waals surface area contributed by atoms with Gasteiger partial charge in [0.15, 0.2) is 6.61 Å². The molecule has 122 valence electrons. The first-order valence-electron chi connectivity index (χ1n) is 7.58. The fraction of sp³-hybridized carbons (Fsp3) is 0.211. The van der Waals surface area contributed by atoms with Gasteiger partial charge >= 0.3 is 5.97 Å². The summed E-state index contributed by atoms with van der Waals surface area (Å²) in [6.07, 6.45) is 0. The molecule has 0 fully saturated rings. The maximum absolute atomic E-state index is 12.3. The van der Waals surface area contributed by atoms with Gasteiger partial charge in [0, 0.05) is 11.6 Å². The molecule has 0 aromatic heterocycles. The number of nitriles is 1. The van der Waals surface area contributed by atoms with Gasteiger partial charge in [-0.3, -0.25) is 4.79 Å². The zero-order chi connectivity index (χ0) is 17.5. The summed E-state index contributed by atoms with van der Waals surface area (Å²) in [5.41, 5.74) is 2.04. The number of nitrogens with zero attached hydrogens (tertiary/aromatic N) is 1. The van der Waals surface area contributed by atoms with Crippen molar-refractivity contribution in [3.8, 4) is 17.2 Å². The molecule has 0 saturated heterocycles. The monoisotopic (exact) mass is 322 g/mol. The molecule has 5 nitrogen and oxygen atoms in total. The quantitative estimate of drug-likeness (QED) is 0.858. The van der Waals surface area contributed by atoms with Crippen LogP contribution in [0.25, 0.3) is 11.1 Å². The topological polar surface area (TPSA) is 79.2 Å². The van der Waals surface area contributed by atoms with Gasteiger partial charge in [0.05, 0.1) is 17.2 Å². The number of amides is 1. The predicted molar refractivity (Wildman–Crippen MR) is 90.2 cm³/mol. The van der Waals surface area contributed by atoms with Gasteiger partial charge in [-0.1, -0.05) is 36.4 Å². The van der Waals surface area contributed by atoms with Gasteiger partial charge in [0.2, 0.25) is 0 Å². The number of benzene rings is 2. The minimum atomic E-state index is -0.600. The Morgan fingerprint density at radius 2 is 1.71 bits per heavy atom. The number of carbonyl (C=O) groups is 2. The summed E-state index contributed by atoms with van der Waals surface area (Å²) in [7, 11) is 0. The highest BCUT2D eigenvalue weighted by Gasteiger charge is 2.17. The first kappa shape index (κ1) is 17.2. The van der Waals surface area contributed by atoms with Gasteiger partial charge in [0.25, 0.3) is 5.91 Å². The Bertz CT molecular complexity index is 791. The number of carbonyl (C=O) groups excluding carboxylic acids is 2. The molecule has 2 rings (SSSR count). The predicted octanol–water partition coefficient (Wildman–Crippen LogP) is 2.91. The summed E-state index contributed by atoms with van der Waals surface area (Å²) in [5, 5.41) is 11.9. The van der Waals surface area contributed by atoms with E-state index in [0.717, 1.165) is 0 Å². The first-order valence-corrected chi connectivity index (χ1v) is 7.58. The maximum Gasteiger partial charge on any atom is 0.339 e. The second-order valence-electron chi connectivity index (χ2n) is 5.50. The summed E-state index contributed by atoms with van der Waals surface area (Å²) in [6.45, 7) is 3.31. The Morgan fingerprint density at radius 1 is 1.08 bits per heavy atom. The van der Waals surface area contributed by atoms with E-state index < -0.39 is 5.97 Å². The first-order chi connectivity index (χ1) is 11.5. The minimum absolute atomic E-state index is 0.0222. The SMILES string of the molecule is CC(C)NC(=O)COC(=O)c1ccccc1-c1ccccc1C#N.